The van der Waals surface area contributed by atoms with Crippen LogP contribution in [0.3, 0.4) is 0 Å². The van der Waals surface area contributed by atoms with Gasteiger partial charge >= 0.3 is 23.9 Å². The van der Waals surface area contributed by atoms with Crippen molar-refractivity contribution in [3.63, 3.8) is 0 Å². The topological polar surface area (TPSA) is 146 Å². The number of esters is 3. The molecule has 0 rings (SSSR count). The molecular weight excluding hydrogens is 416 g/mol. The summed E-state index contributed by atoms with van der Waals surface area (Å²) in [7, 11) is -2.09. The van der Waals surface area contributed by atoms with Gasteiger partial charge in [-0.1, -0.05) is 20.8 Å². The van der Waals surface area contributed by atoms with Crippen LogP contribution < -0.4 is 0 Å². The molecule has 30 heavy (non-hydrogen) atoms. The molecule has 0 aliphatic carbocycles. The Hall–Kier alpha value is -1.98. The highest BCUT2D eigenvalue weighted by atomic mass is 28.4. The number of aliphatic hydroxyl groups excluding tert-OH is 1. The predicted octanol–water partition coefficient (Wildman–Crippen LogP) is 1.64. The lowest BCUT2D eigenvalue weighted by atomic mass is 10.2. The SMILES string of the molecule is C[C@H](O)C(=O)O[C@@H](C)C(=O)O[C@@H](C)C(=O)O[C@@H](CCO[Si](C)(C)C(C)(C)C)C(=O)O. The van der Waals surface area contributed by atoms with Crippen LogP contribution in [0.15, 0.2) is 0 Å². The smallest absolute Gasteiger partial charge is 0.348 e. The van der Waals surface area contributed by atoms with Crippen molar-refractivity contribution >= 4 is 32.2 Å². The summed E-state index contributed by atoms with van der Waals surface area (Å²) >= 11 is 0. The van der Waals surface area contributed by atoms with Crippen LogP contribution in [0, 0.1) is 0 Å². The first-order chi connectivity index (χ1) is 13.5. The van der Waals surface area contributed by atoms with Crippen molar-refractivity contribution in [2.45, 2.75) is 90.5 Å². The van der Waals surface area contributed by atoms with Gasteiger partial charge < -0.3 is 28.8 Å². The third-order valence-electron chi connectivity index (χ3n) is 4.77. The van der Waals surface area contributed by atoms with Gasteiger partial charge in [0.2, 0.25) is 6.10 Å². The van der Waals surface area contributed by atoms with Crippen LogP contribution in [-0.4, -0.2) is 73.4 Å². The summed E-state index contributed by atoms with van der Waals surface area (Å²) in [5, 5.41) is 18.3. The molecule has 0 unspecified atom stereocenters. The van der Waals surface area contributed by atoms with Gasteiger partial charge in [0.25, 0.3) is 0 Å². The molecule has 0 heterocycles. The molecule has 0 bridgehead atoms. The Labute approximate surface area is 178 Å². The average Bonchev–Trinajstić information content (AvgIpc) is 2.58. The van der Waals surface area contributed by atoms with Crippen LogP contribution in [0.5, 0.6) is 0 Å². The van der Waals surface area contributed by atoms with Crippen LogP contribution in [0.25, 0.3) is 0 Å². The molecule has 0 spiro atoms. The molecule has 0 fully saturated rings. The molecule has 0 aromatic rings. The summed E-state index contributed by atoms with van der Waals surface area (Å²) in [6, 6.07) is 0. The Kier molecular flexibility index (Phi) is 10.7. The number of carbonyl (C=O) groups is 4. The van der Waals surface area contributed by atoms with Crippen molar-refractivity contribution in [3.8, 4) is 0 Å². The van der Waals surface area contributed by atoms with Gasteiger partial charge in [-0.15, -0.1) is 0 Å². The van der Waals surface area contributed by atoms with Gasteiger partial charge in [0, 0.05) is 13.0 Å². The Morgan fingerprint density at radius 1 is 0.867 bits per heavy atom. The molecular formula is C19H34O10Si. The average molecular weight is 451 g/mol. The summed E-state index contributed by atoms with van der Waals surface area (Å²) in [6.45, 7) is 13.8. The van der Waals surface area contributed by atoms with Gasteiger partial charge in [0.05, 0.1) is 0 Å². The highest BCUT2D eigenvalue weighted by molar-refractivity contribution is 6.74. The zero-order valence-corrected chi connectivity index (χ0v) is 19.9. The number of carbonyl (C=O) groups excluding carboxylic acids is 3. The summed E-state index contributed by atoms with van der Waals surface area (Å²) in [4.78, 5) is 46.7. The summed E-state index contributed by atoms with van der Waals surface area (Å²) < 4.78 is 20.4. The van der Waals surface area contributed by atoms with Gasteiger partial charge in [0.1, 0.15) is 6.10 Å². The highest BCUT2D eigenvalue weighted by Gasteiger charge is 2.37. The minimum atomic E-state index is -2.09. The van der Waals surface area contributed by atoms with E-state index in [1.54, 1.807) is 0 Å². The van der Waals surface area contributed by atoms with Crippen LogP contribution in [0.4, 0.5) is 0 Å². The maximum Gasteiger partial charge on any atom is 0.348 e. The number of carboxylic acid groups (broad SMARTS) is 1. The third-order valence-corrected chi connectivity index (χ3v) is 9.31. The first kappa shape index (κ1) is 28.0. The van der Waals surface area contributed by atoms with E-state index in [9.17, 15) is 24.3 Å². The molecule has 11 heteroatoms. The van der Waals surface area contributed by atoms with Crippen LogP contribution in [0.1, 0.15) is 48.0 Å². The molecule has 2 N–H and O–H groups in total. The van der Waals surface area contributed by atoms with Gasteiger partial charge in [0.15, 0.2) is 20.5 Å². The first-order valence-corrected chi connectivity index (χ1v) is 12.6. The number of aliphatic carboxylic acids is 1. The predicted molar refractivity (Wildman–Crippen MR) is 108 cm³/mol. The molecule has 174 valence electrons. The zero-order chi connectivity index (χ0) is 23.9. The van der Waals surface area contributed by atoms with Crippen LogP contribution >= 0.6 is 0 Å². The summed E-state index contributed by atoms with van der Waals surface area (Å²) in [5.74, 6) is -4.47. The fraction of sp³-hybridized carbons (Fsp3) is 0.789. The Morgan fingerprint density at radius 2 is 1.30 bits per heavy atom. The summed E-state index contributed by atoms with van der Waals surface area (Å²) in [6.07, 6.45) is -5.73. The van der Waals surface area contributed by atoms with E-state index in [-0.39, 0.29) is 18.1 Å². The number of carboxylic acids is 1. The van der Waals surface area contributed by atoms with E-state index in [4.69, 9.17) is 19.0 Å². The van der Waals surface area contributed by atoms with Gasteiger partial charge in [-0.25, -0.2) is 19.2 Å². The number of aliphatic hydroxyl groups is 1. The standard InChI is InChI=1S/C19H34O10Si/c1-11(20)16(23)27-12(2)17(24)28-13(3)18(25)29-14(15(21)22)9-10-26-30(7,8)19(4,5)6/h11-14,20H,9-10H2,1-8H3,(H,21,22)/t11-,12-,13-,14-/m0/s1. The maximum absolute atomic E-state index is 12.1. The van der Waals surface area contributed by atoms with Gasteiger partial charge in [-0.2, -0.15) is 0 Å². The molecule has 0 saturated carbocycles. The zero-order valence-electron chi connectivity index (χ0n) is 18.9. The largest absolute Gasteiger partial charge is 0.479 e. The molecule has 0 aliphatic heterocycles. The molecule has 0 amide bonds. The number of ether oxygens (including phenoxy) is 3. The minimum absolute atomic E-state index is 0.0565. The number of hydrogen-bond donors (Lipinski definition) is 2. The molecule has 10 nitrogen and oxygen atoms in total. The molecule has 0 aromatic carbocycles. The van der Waals surface area contributed by atoms with E-state index in [0.29, 0.717) is 0 Å². The van der Waals surface area contributed by atoms with E-state index in [1.165, 1.54) is 20.8 Å². The van der Waals surface area contributed by atoms with E-state index in [1.807, 2.05) is 33.9 Å². The Bertz CT molecular complexity index is 623. The van der Waals surface area contributed by atoms with Crippen molar-refractivity contribution in [2.75, 3.05) is 6.61 Å². The van der Waals surface area contributed by atoms with Crippen molar-refractivity contribution in [1.29, 1.82) is 0 Å². The van der Waals surface area contributed by atoms with Crippen LogP contribution in [-0.2, 0) is 37.8 Å². The van der Waals surface area contributed by atoms with Gasteiger partial charge in [-0.05, 0) is 38.9 Å². The molecule has 4 atom stereocenters. The van der Waals surface area contributed by atoms with Gasteiger partial charge in [-0.3, -0.25) is 0 Å². The Balaban J connectivity index is 4.75. The molecule has 0 radical (unpaired) electrons. The number of rotatable bonds is 11. The van der Waals surface area contributed by atoms with E-state index >= 15 is 0 Å². The van der Waals surface area contributed by atoms with Crippen LogP contribution in [0.2, 0.25) is 18.1 Å². The van der Waals surface area contributed by atoms with Crippen molar-refractivity contribution in [2.24, 2.45) is 0 Å². The molecule has 0 aromatic heterocycles. The van der Waals surface area contributed by atoms with E-state index in [0.717, 1.165) is 0 Å². The van der Waals surface area contributed by atoms with Crippen molar-refractivity contribution in [1.82, 2.24) is 0 Å². The monoisotopic (exact) mass is 450 g/mol. The normalized spacial score (nSPS) is 16.0. The third kappa shape index (κ3) is 9.22. The quantitative estimate of drug-likeness (QED) is 0.270. The van der Waals surface area contributed by atoms with E-state index in [2.05, 4.69) is 4.74 Å². The fourth-order valence-corrected chi connectivity index (χ4v) is 2.81. The maximum atomic E-state index is 12.1. The van der Waals surface area contributed by atoms with E-state index < -0.39 is 56.6 Å². The minimum Gasteiger partial charge on any atom is -0.479 e. The fourth-order valence-electron chi connectivity index (χ4n) is 1.75. The molecule has 0 saturated heterocycles. The second kappa shape index (κ2) is 11.4. The second-order valence-corrected chi connectivity index (χ2v) is 13.3. The lowest BCUT2D eigenvalue weighted by Crippen LogP contribution is -2.42. The highest BCUT2D eigenvalue weighted by Crippen LogP contribution is 2.36. The first-order valence-electron chi connectivity index (χ1n) is 9.66. The van der Waals surface area contributed by atoms with Crippen molar-refractivity contribution < 1.29 is 48.0 Å². The lowest BCUT2D eigenvalue weighted by Gasteiger charge is -2.36. The Morgan fingerprint density at radius 3 is 1.70 bits per heavy atom. The second-order valence-electron chi connectivity index (χ2n) is 8.50. The van der Waals surface area contributed by atoms with Crippen molar-refractivity contribution in [3.05, 3.63) is 0 Å². The number of hydrogen-bond acceptors (Lipinski definition) is 9. The summed E-state index contributed by atoms with van der Waals surface area (Å²) in [5.41, 5.74) is 0. The lowest BCUT2D eigenvalue weighted by molar-refractivity contribution is -0.183. The molecule has 0 aliphatic rings.